The monoisotopic (exact) mass is 244 g/mol. The molecule has 0 aliphatic heterocycles. The van der Waals surface area contributed by atoms with E-state index in [1.54, 1.807) is 6.20 Å². The Hall–Kier alpha value is -1.65. The molecule has 2 atom stereocenters. The lowest BCUT2D eigenvalue weighted by Crippen LogP contribution is -2.30. The van der Waals surface area contributed by atoms with Gasteiger partial charge >= 0.3 is 0 Å². The highest BCUT2D eigenvalue weighted by atomic mass is 14.9. The number of nitrogens with one attached hydrogen (secondary N) is 1. The SMILES string of the molecule is NCCCC(N)C(c1ccccc1)c1ncc[nH]1. The summed E-state index contributed by atoms with van der Waals surface area (Å²) in [4.78, 5) is 7.53. The van der Waals surface area contributed by atoms with E-state index >= 15 is 0 Å². The predicted molar refractivity (Wildman–Crippen MR) is 73.1 cm³/mol. The third-order valence-corrected chi connectivity index (χ3v) is 3.14. The van der Waals surface area contributed by atoms with Crippen LogP contribution >= 0.6 is 0 Å². The number of aromatic amines is 1. The molecule has 1 heterocycles. The van der Waals surface area contributed by atoms with Gasteiger partial charge in [-0.3, -0.25) is 0 Å². The molecule has 0 aliphatic carbocycles. The Morgan fingerprint density at radius 2 is 2.00 bits per heavy atom. The first-order chi connectivity index (χ1) is 8.83. The van der Waals surface area contributed by atoms with Crippen molar-refractivity contribution in [1.29, 1.82) is 0 Å². The molecule has 0 saturated carbocycles. The van der Waals surface area contributed by atoms with E-state index in [2.05, 4.69) is 22.1 Å². The van der Waals surface area contributed by atoms with Crippen LogP contribution in [0, 0.1) is 0 Å². The van der Waals surface area contributed by atoms with E-state index in [-0.39, 0.29) is 12.0 Å². The van der Waals surface area contributed by atoms with Gasteiger partial charge in [0, 0.05) is 18.4 Å². The molecular weight excluding hydrogens is 224 g/mol. The average molecular weight is 244 g/mol. The van der Waals surface area contributed by atoms with Gasteiger partial charge in [0.2, 0.25) is 0 Å². The predicted octanol–water partition coefficient (Wildman–Crippen LogP) is 1.61. The topological polar surface area (TPSA) is 80.7 Å². The fourth-order valence-electron chi connectivity index (χ4n) is 2.24. The summed E-state index contributed by atoms with van der Waals surface area (Å²) in [6.07, 6.45) is 5.43. The van der Waals surface area contributed by atoms with E-state index in [1.165, 1.54) is 5.56 Å². The average Bonchev–Trinajstić information content (AvgIpc) is 2.92. The van der Waals surface area contributed by atoms with Gasteiger partial charge in [0.1, 0.15) is 5.82 Å². The number of hydrogen-bond donors (Lipinski definition) is 3. The molecule has 0 amide bonds. The maximum absolute atomic E-state index is 6.31. The van der Waals surface area contributed by atoms with Crippen LogP contribution in [-0.2, 0) is 0 Å². The number of aromatic nitrogens is 2. The highest BCUT2D eigenvalue weighted by Gasteiger charge is 2.23. The summed E-state index contributed by atoms with van der Waals surface area (Å²) in [6.45, 7) is 0.674. The molecule has 1 aromatic carbocycles. The zero-order valence-electron chi connectivity index (χ0n) is 10.4. The van der Waals surface area contributed by atoms with Crippen LogP contribution in [-0.4, -0.2) is 22.6 Å². The van der Waals surface area contributed by atoms with Crippen molar-refractivity contribution in [3.63, 3.8) is 0 Å². The lowest BCUT2D eigenvalue weighted by molar-refractivity contribution is 0.520. The van der Waals surface area contributed by atoms with E-state index in [4.69, 9.17) is 11.5 Å². The summed E-state index contributed by atoms with van der Waals surface area (Å²) in [5.74, 6) is 1.03. The minimum Gasteiger partial charge on any atom is -0.348 e. The fraction of sp³-hybridized carbons (Fsp3) is 0.357. The molecular formula is C14H20N4. The highest BCUT2D eigenvalue weighted by Crippen LogP contribution is 2.26. The Balaban J connectivity index is 2.24. The van der Waals surface area contributed by atoms with Gasteiger partial charge in [-0.1, -0.05) is 30.3 Å². The van der Waals surface area contributed by atoms with Gasteiger partial charge < -0.3 is 16.5 Å². The van der Waals surface area contributed by atoms with Gasteiger partial charge in [0.25, 0.3) is 0 Å². The smallest absolute Gasteiger partial charge is 0.115 e. The van der Waals surface area contributed by atoms with E-state index < -0.39 is 0 Å². The largest absolute Gasteiger partial charge is 0.348 e. The number of imidazole rings is 1. The number of rotatable bonds is 6. The van der Waals surface area contributed by atoms with Crippen molar-refractivity contribution in [1.82, 2.24) is 9.97 Å². The first-order valence-corrected chi connectivity index (χ1v) is 6.33. The zero-order chi connectivity index (χ0) is 12.8. The van der Waals surface area contributed by atoms with Gasteiger partial charge in [-0.15, -0.1) is 0 Å². The van der Waals surface area contributed by atoms with Crippen LogP contribution in [0.3, 0.4) is 0 Å². The highest BCUT2D eigenvalue weighted by molar-refractivity contribution is 5.27. The van der Waals surface area contributed by atoms with Crippen molar-refractivity contribution >= 4 is 0 Å². The first kappa shape index (κ1) is 12.8. The van der Waals surface area contributed by atoms with Gasteiger partial charge in [0.15, 0.2) is 0 Å². The van der Waals surface area contributed by atoms with Crippen LogP contribution in [0.1, 0.15) is 30.1 Å². The lowest BCUT2D eigenvalue weighted by Gasteiger charge is -2.22. The van der Waals surface area contributed by atoms with Crippen LogP contribution in [0.2, 0.25) is 0 Å². The molecule has 0 spiro atoms. The molecule has 0 radical (unpaired) electrons. The van der Waals surface area contributed by atoms with E-state index in [0.29, 0.717) is 6.54 Å². The van der Waals surface area contributed by atoms with Crippen molar-refractivity contribution in [2.24, 2.45) is 11.5 Å². The maximum Gasteiger partial charge on any atom is 0.115 e. The molecule has 0 aliphatic rings. The van der Waals surface area contributed by atoms with Crippen LogP contribution < -0.4 is 11.5 Å². The Kier molecular flexibility index (Phi) is 4.50. The summed E-state index contributed by atoms with van der Waals surface area (Å²) < 4.78 is 0. The third-order valence-electron chi connectivity index (χ3n) is 3.14. The number of H-pyrrole nitrogens is 1. The molecule has 1 aromatic heterocycles. The van der Waals surface area contributed by atoms with Gasteiger partial charge in [-0.2, -0.15) is 0 Å². The Morgan fingerprint density at radius 3 is 2.61 bits per heavy atom. The fourth-order valence-corrected chi connectivity index (χ4v) is 2.24. The van der Waals surface area contributed by atoms with E-state index in [9.17, 15) is 0 Å². The lowest BCUT2D eigenvalue weighted by atomic mass is 9.88. The number of benzene rings is 1. The molecule has 4 heteroatoms. The summed E-state index contributed by atoms with van der Waals surface area (Å²) >= 11 is 0. The quantitative estimate of drug-likeness (QED) is 0.722. The Bertz CT molecular complexity index is 438. The van der Waals surface area contributed by atoms with E-state index in [1.807, 2.05) is 24.4 Å². The van der Waals surface area contributed by atoms with Gasteiger partial charge in [0.05, 0.1) is 5.92 Å². The molecule has 2 rings (SSSR count). The zero-order valence-corrected chi connectivity index (χ0v) is 10.4. The van der Waals surface area contributed by atoms with E-state index in [0.717, 1.165) is 18.7 Å². The molecule has 2 aromatic rings. The second-order valence-corrected chi connectivity index (χ2v) is 4.46. The number of nitrogens with zero attached hydrogens (tertiary/aromatic N) is 1. The maximum atomic E-state index is 6.31. The summed E-state index contributed by atoms with van der Waals surface area (Å²) in [7, 11) is 0. The molecule has 18 heavy (non-hydrogen) atoms. The Morgan fingerprint density at radius 1 is 1.22 bits per heavy atom. The third kappa shape index (κ3) is 2.97. The molecule has 0 fully saturated rings. The molecule has 96 valence electrons. The molecule has 0 bridgehead atoms. The second kappa shape index (κ2) is 6.33. The van der Waals surface area contributed by atoms with Crippen molar-refractivity contribution < 1.29 is 0 Å². The normalized spacial score (nSPS) is 14.3. The molecule has 5 N–H and O–H groups in total. The summed E-state index contributed by atoms with van der Waals surface area (Å²) in [5.41, 5.74) is 13.1. The van der Waals surface area contributed by atoms with Gasteiger partial charge in [-0.05, 0) is 24.9 Å². The van der Waals surface area contributed by atoms with Crippen LogP contribution in [0.15, 0.2) is 42.7 Å². The number of nitrogens with two attached hydrogens (primary N) is 2. The summed E-state index contributed by atoms with van der Waals surface area (Å²) in [6, 6.07) is 10.3. The van der Waals surface area contributed by atoms with Crippen LogP contribution in [0.25, 0.3) is 0 Å². The molecule has 0 saturated heterocycles. The van der Waals surface area contributed by atoms with Crippen molar-refractivity contribution in [2.45, 2.75) is 24.8 Å². The second-order valence-electron chi connectivity index (χ2n) is 4.46. The Labute approximate surface area is 107 Å². The number of hydrogen-bond acceptors (Lipinski definition) is 3. The molecule has 2 unspecified atom stereocenters. The van der Waals surface area contributed by atoms with Crippen molar-refractivity contribution in [3.05, 3.63) is 54.1 Å². The minimum atomic E-state index is 0.0297. The first-order valence-electron chi connectivity index (χ1n) is 6.33. The summed E-state index contributed by atoms with van der Waals surface area (Å²) in [5, 5.41) is 0. The van der Waals surface area contributed by atoms with Crippen molar-refractivity contribution in [2.75, 3.05) is 6.54 Å². The minimum absolute atomic E-state index is 0.0297. The van der Waals surface area contributed by atoms with Gasteiger partial charge in [-0.25, -0.2) is 4.98 Å². The molecule has 4 nitrogen and oxygen atoms in total. The van der Waals surface area contributed by atoms with Crippen LogP contribution in [0.5, 0.6) is 0 Å². The van der Waals surface area contributed by atoms with Crippen LogP contribution in [0.4, 0.5) is 0 Å². The standard InChI is InChI=1S/C14H20N4/c15-8-4-7-12(16)13(14-17-9-10-18-14)11-5-2-1-3-6-11/h1-3,5-6,9-10,12-13H,4,7-8,15-16H2,(H,17,18). The van der Waals surface area contributed by atoms with Crippen molar-refractivity contribution in [3.8, 4) is 0 Å².